The zero-order chi connectivity index (χ0) is 20.5. The number of nitrogens with one attached hydrogen (secondary N) is 2. The SMILES string of the molecule is O=C(/C=C/c1ccccc1)Nc1cccc(SCC(=O)Nc2ccccc2Br)c1. The predicted molar refractivity (Wildman–Crippen MR) is 124 cm³/mol. The Labute approximate surface area is 182 Å². The number of halogens is 1. The lowest BCUT2D eigenvalue weighted by Crippen LogP contribution is -2.14. The van der Waals surface area contributed by atoms with E-state index < -0.39 is 0 Å². The van der Waals surface area contributed by atoms with E-state index in [2.05, 4.69) is 26.6 Å². The van der Waals surface area contributed by atoms with Crippen molar-refractivity contribution in [1.29, 1.82) is 0 Å². The molecule has 2 amide bonds. The summed E-state index contributed by atoms with van der Waals surface area (Å²) in [6.45, 7) is 0. The van der Waals surface area contributed by atoms with E-state index in [1.807, 2.05) is 78.9 Å². The van der Waals surface area contributed by atoms with Gasteiger partial charge in [-0.2, -0.15) is 0 Å². The number of thioether (sulfide) groups is 1. The lowest BCUT2D eigenvalue weighted by molar-refractivity contribution is -0.114. The highest BCUT2D eigenvalue weighted by atomic mass is 79.9. The smallest absolute Gasteiger partial charge is 0.248 e. The van der Waals surface area contributed by atoms with Gasteiger partial charge in [-0.25, -0.2) is 0 Å². The molecule has 0 fully saturated rings. The molecular formula is C23H19BrN2O2S. The van der Waals surface area contributed by atoms with Crippen molar-refractivity contribution in [1.82, 2.24) is 0 Å². The van der Waals surface area contributed by atoms with Crippen LogP contribution in [-0.2, 0) is 9.59 Å². The number of anilines is 2. The van der Waals surface area contributed by atoms with Crippen LogP contribution in [0.15, 0.2) is 94.3 Å². The number of rotatable bonds is 7. The molecule has 0 saturated heterocycles. The van der Waals surface area contributed by atoms with Crippen molar-refractivity contribution in [3.05, 3.63) is 95.0 Å². The Bertz CT molecular complexity index is 1020. The van der Waals surface area contributed by atoms with Gasteiger partial charge in [0.1, 0.15) is 0 Å². The van der Waals surface area contributed by atoms with Gasteiger partial charge in [-0.15, -0.1) is 11.8 Å². The van der Waals surface area contributed by atoms with Crippen molar-refractivity contribution in [2.45, 2.75) is 4.90 Å². The van der Waals surface area contributed by atoms with Crippen LogP contribution in [0.3, 0.4) is 0 Å². The molecule has 0 heterocycles. The molecule has 0 bridgehead atoms. The largest absolute Gasteiger partial charge is 0.324 e. The van der Waals surface area contributed by atoms with E-state index in [9.17, 15) is 9.59 Å². The molecule has 0 saturated carbocycles. The van der Waals surface area contributed by atoms with Crippen LogP contribution in [0.2, 0.25) is 0 Å². The average Bonchev–Trinajstić information content (AvgIpc) is 2.73. The molecule has 0 aliphatic rings. The molecule has 4 nitrogen and oxygen atoms in total. The number of amides is 2. The van der Waals surface area contributed by atoms with Gasteiger partial charge in [-0.1, -0.05) is 48.5 Å². The normalized spacial score (nSPS) is 10.7. The van der Waals surface area contributed by atoms with Gasteiger partial charge in [-0.05, 0) is 57.9 Å². The standard InChI is InChI=1S/C23H19BrN2O2S/c24-20-11-4-5-12-21(20)26-23(28)16-29-19-10-6-9-18(15-19)25-22(27)14-13-17-7-2-1-3-8-17/h1-15H,16H2,(H,25,27)(H,26,28)/b14-13+. The first kappa shape index (κ1) is 20.9. The molecule has 0 radical (unpaired) electrons. The van der Waals surface area contributed by atoms with Crippen molar-refractivity contribution in [3.63, 3.8) is 0 Å². The molecule has 29 heavy (non-hydrogen) atoms. The Kier molecular flexibility index (Phi) is 7.67. The average molecular weight is 467 g/mol. The van der Waals surface area contributed by atoms with Crippen LogP contribution in [-0.4, -0.2) is 17.6 Å². The van der Waals surface area contributed by atoms with Gasteiger partial charge in [0.2, 0.25) is 11.8 Å². The molecule has 0 spiro atoms. The zero-order valence-electron chi connectivity index (χ0n) is 15.5. The second-order valence-corrected chi connectivity index (χ2v) is 7.98. The van der Waals surface area contributed by atoms with Crippen LogP contribution in [0.1, 0.15) is 5.56 Å². The van der Waals surface area contributed by atoms with Crippen LogP contribution >= 0.6 is 27.7 Å². The van der Waals surface area contributed by atoms with Gasteiger partial charge in [0, 0.05) is 21.1 Å². The molecule has 0 aliphatic heterocycles. The molecule has 2 N–H and O–H groups in total. The maximum atomic E-state index is 12.2. The Morgan fingerprint density at radius 1 is 0.897 bits per heavy atom. The second-order valence-electron chi connectivity index (χ2n) is 6.08. The predicted octanol–water partition coefficient (Wildman–Crippen LogP) is 5.83. The Morgan fingerprint density at radius 2 is 1.66 bits per heavy atom. The Balaban J connectivity index is 1.52. The van der Waals surface area contributed by atoms with Crippen molar-refractivity contribution < 1.29 is 9.59 Å². The van der Waals surface area contributed by atoms with E-state index in [1.54, 1.807) is 6.08 Å². The minimum atomic E-state index is -0.206. The number of carbonyl (C=O) groups is 2. The van der Waals surface area contributed by atoms with Crippen LogP contribution in [0.5, 0.6) is 0 Å². The lowest BCUT2D eigenvalue weighted by atomic mass is 10.2. The molecule has 0 aromatic heterocycles. The van der Waals surface area contributed by atoms with Crippen LogP contribution in [0.25, 0.3) is 6.08 Å². The fraction of sp³-hybridized carbons (Fsp3) is 0.0435. The molecule has 0 aliphatic carbocycles. The second kappa shape index (κ2) is 10.6. The summed E-state index contributed by atoms with van der Waals surface area (Å²) < 4.78 is 0.839. The van der Waals surface area contributed by atoms with Crippen molar-refractivity contribution in [2.75, 3.05) is 16.4 Å². The number of hydrogen-bond donors (Lipinski definition) is 2. The number of benzene rings is 3. The Morgan fingerprint density at radius 3 is 2.45 bits per heavy atom. The van der Waals surface area contributed by atoms with Gasteiger partial charge < -0.3 is 10.6 Å². The molecule has 146 valence electrons. The highest BCUT2D eigenvalue weighted by Crippen LogP contribution is 2.24. The van der Waals surface area contributed by atoms with Gasteiger partial charge >= 0.3 is 0 Å². The summed E-state index contributed by atoms with van der Waals surface area (Å²) in [5.74, 6) is -0.0306. The maximum absolute atomic E-state index is 12.2. The van der Waals surface area contributed by atoms with Crippen LogP contribution in [0, 0.1) is 0 Å². The fourth-order valence-corrected chi connectivity index (χ4v) is 3.62. The number of hydrogen-bond acceptors (Lipinski definition) is 3. The first-order chi connectivity index (χ1) is 14.1. The van der Waals surface area contributed by atoms with E-state index in [4.69, 9.17) is 0 Å². The van der Waals surface area contributed by atoms with E-state index >= 15 is 0 Å². The van der Waals surface area contributed by atoms with Gasteiger partial charge in [0.25, 0.3) is 0 Å². The highest BCUT2D eigenvalue weighted by molar-refractivity contribution is 9.10. The summed E-state index contributed by atoms with van der Waals surface area (Å²) in [5, 5.41) is 5.72. The molecule has 0 unspecified atom stereocenters. The van der Waals surface area contributed by atoms with Gasteiger partial charge in [0.15, 0.2) is 0 Å². The van der Waals surface area contributed by atoms with Gasteiger partial charge in [0.05, 0.1) is 11.4 Å². The van der Waals surface area contributed by atoms with E-state index in [1.165, 1.54) is 17.8 Å². The minimum absolute atomic E-state index is 0.0952. The summed E-state index contributed by atoms with van der Waals surface area (Å²) in [7, 11) is 0. The number of carbonyl (C=O) groups excluding carboxylic acids is 2. The zero-order valence-corrected chi connectivity index (χ0v) is 17.9. The molecule has 6 heteroatoms. The third kappa shape index (κ3) is 6.93. The van der Waals surface area contributed by atoms with Crippen LogP contribution in [0.4, 0.5) is 11.4 Å². The summed E-state index contributed by atoms with van der Waals surface area (Å²) in [5.41, 5.74) is 2.39. The summed E-state index contributed by atoms with van der Waals surface area (Å²) in [4.78, 5) is 25.2. The maximum Gasteiger partial charge on any atom is 0.248 e. The first-order valence-electron chi connectivity index (χ1n) is 8.91. The van der Waals surface area contributed by atoms with Crippen molar-refractivity contribution in [3.8, 4) is 0 Å². The van der Waals surface area contributed by atoms with E-state index in [-0.39, 0.29) is 17.6 Å². The van der Waals surface area contributed by atoms with E-state index in [0.29, 0.717) is 5.69 Å². The Hall–Kier alpha value is -2.83. The van der Waals surface area contributed by atoms with Crippen molar-refractivity contribution in [2.24, 2.45) is 0 Å². The molecule has 3 aromatic carbocycles. The third-order valence-electron chi connectivity index (χ3n) is 3.85. The summed E-state index contributed by atoms with van der Waals surface area (Å²) in [6, 6.07) is 24.5. The molecule has 0 atom stereocenters. The molecule has 3 rings (SSSR count). The number of para-hydroxylation sites is 1. The van der Waals surface area contributed by atoms with Crippen molar-refractivity contribution >= 4 is 57.0 Å². The quantitative estimate of drug-likeness (QED) is 0.340. The van der Waals surface area contributed by atoms with Crippen LogP contribution < -0.4 is 10.6 Å². The first-order valence-corrected chi connectivity index (χ1v) is 10.7. The fourth-order valence-electron chi connectivity index (χ4n) is 2.48. The highest BCUT2D eigenvalue weighted by Gasteiger charge is 2.07. The molecule has 3 aromatic rings. The minimum Gasteiger partial charge on any atom is -0.324 e. The third-order valence-corrected chi connectivity index (χ3v) is 5.53. The summed E-state index contributed by atoms with van der Waals surface area (Å²) >= 11 is 4.82. The molecular weight excluding hydrogens is 448 g/mol. The monoisotopic (exact) mass is 466 g/mol. The lowest BCUT2D eigenvalue weighted by Gasteiger charge is -2.08. The topological polar surface area (TPSA) is 58.2 Å². The van der Waals surface area contributed by atoms with Gasteiger partial charge in [-0.3, -0.25) is 9.59 Å². The van der Waals surface area contributed by atoms with E-state index in [0.717, 1.165) is 20.6 Å². The summed E-state index contributed by atoms with van der Waals surface area (Å²) in [6.07, 6.45) is 3.26.